The van der Waals surface area contributed by atoms with E-state index >= 15 is 8.78 Å². The summed E-state index contributed by atoms with van der Waals surface area (Å²) in [5.41, 5.74) is 6.74. The molecule has 3 aromatic heterocycles. The molecule has 2 N–H and O–H groups in total. The number of alkyl halides is 4. The monoisotopic (exact) mass is 738 g/mol. The van der Waals surface area contributed by atoms with Crippen LogP contribution in [0.15, 0.2) is 42.5 Å². The van der Waals surface area contributed by atoms with Gasteiger partial charge in [-0.1, -0.05) is 23.6 Å². The van der Waals surface area contributed by atoms with Crippen molar-refractivity contribution in [2.24, 2.45) is 18.4 Å². The summed E-state index contributed by atoms with van der Waals surface area (Å²) in [6, 6.07) is 9.82. The summed E-state index contributed by atoms with van der Waals surface area (Å²) in [4.78, 5) is 18.9. The summed E-state index contributed by atoms with van der Waals surface area (Å²) < 4.78 is 89.9. The van der Waals surface area contributed by atoms with Crippen LogP contribution in [0.1, 0.15) is 85.8 Å². The van der Waals surface area contributed by atoms with E-state index in [0.29, 0.717) is 43.1 Å². The van der Waals surface area contributed by atoms with Crippen molar-refractivity contribution >= 4 is 34.1 Å². The quantitative estimate of drug-likeness (QED) is 0.121. The number of hydrogen-bond donors (Lipinski definition) is 1. The highest BCUT2D eigenvalue weighted by atomic mass is 35.5. The van der Waals surface area contributed by atoms with E-state index in [9.17, 15) is 22.4 Å². The number of nitrogens with two attached hydrogens (primary N) is 1. The number of Topliss-reactive ketones (excluding diaryl/α,β-unsaturated/α-hetero) is 1. The van der Waals surface area contributed by atoms with Gasteiger partial charge in [-0.2, -0.15) is 19.0 Å². The molecule has 7 rings (SSSR count). The molecule has 270 valence electrons. The third-order valence-electron chi connectivity index (χ3n) is 9.50. The number of fused-ring (bicyclic) bond motifs is 4. The van der Waals surface area contributed by atoms with Crippen molar-refractivity contribution < 1.29 is 31.1 Å². The van der Waals surface area contributed by atoms with Gasteiger partial charge < -0.3 is 5.73 Å². The highest BCUT2D eigenvalue weighted by Crippen LogP contribution is 2.68. The molecular weight excluding hydrogens is 706 g/mol. The van der Waals surface area contributed by atoms with Crippen LogP contribution in [0.5, 0.6) is 0 Å². The fraction of sp³-hybridized carbons (Fsp3) is 0.368. The lowest BCUT2D eigenvalue weighted by molar-refractivity contribution is -0.120. The Balaban J connectivity index is 1.37. The predicted octanol–water partition coefficient (Wildman–Crippen LogP) is 8.88. The molecule has 0 saturated heterocycles. The molecule has 0 amide bonds. The van der Waals surface area contributed by atoms with Gasteiger partial charge >= 0.3 is 0 Å². The van der Waals surface area contributed by atoms with Crippen molar-refractivity contribution in [3.63, 3.8) is 0 Å². The SMILES string of the molecule is Cn1nc(N)c2c(Cl)ccc(-c3ccc(C#CC(C)(C)C)nc3[C@@H](CC(=O)Cn3nc(C(F)F)c4c3C(F)(F)[C@@H]3C[C@H]43)Cc3cc(F)cc(F)c3)c21. The molecule has 1 saturated carbocycles. The van der Waals surface area contributed by atoms with Crippen molar-refractivity contribution in [1.29, 1.82) is 0 Å². The Labute approximate surface area is 300 Å². The van der Waals surface area contributed by atoms with E-state index in [2.05, 4.69) is 22.0 Å². The van der Waals surface area contributed by atoms with Gasteiger partial charge in [0.15, 0.2) is 11.6 Å². The molecular formula is C38H33ClF6N6O. The first-order chi connectivity index (χ1) is 24.4. The van der Waals surface area contributed by atoms with Crippen LogP contribution in [0.4, 0.5) is 32.2 Å². The third-order valence-corrected chi connectivity index (χ3v) is 9.82. The Morgan fingerprint density at radius 1 is 1.06 bits per heavy atom. The summed E-state index contributed by atoms with van der Waals surface area (Å²) in [5.74, 6) is -2.10. The molecule has 0 bridgehead atoms. The van der Waals surface area contributed by atoms with Crippen molar-refractivity contribution in [3.05, 3.63) is 93.0 Å². The lowest BCUT2D eigenvalue weighted by Gasteiger charge is -2.21. The van der Waals surface area contributed by atoms with Gasteiger partial charge in [-0.25, -0.2) is 22.5 Å². The predicted molar refractivity (Wildman–Crippen MR) is 184 cm³/mol. The van der Waals surface area contributed by atoms with E-state index in [1.54, 1.807) is 36.0 Å². The molecule has 2 aromatic carbocycles. The largest absolute Gasteiger partial charge is 0.382 e. The van der Waals surface area contributed by atoms with E-state index in [-0.39, 0.29) is 36.2 Å². The molecule has 52 heavy (non-hydrogen) atoms. The summed E-state index contributed by atoms with van der Waals surface area (Å²) in [6.45, 7) is 5.04. The molecule has 0 radical (unpaired) electrons. The summed E-state index contributed by atoms with van der Waals surface area (Å²) >= 11 is 6.53. The first-order valence-corrected chi connectivity index (χ1v) is 17.0. The molecule has 7 nitrogen and oxygen atoms in total. The number of pyridine rings is 1. The highest BCUT2D eigenvalue weighted by Gasteiger charge is 2.67. The number of carbonyl (C=O) groups excluding carboxylic acids is 1. The molecule has 5 aromatic rings. The average Bonchev–Trinajstić information content (AvgIpc) is 3.60. The number of benzene rings is 2. The number of rotatable bonds is 9. The zero-order chi connectivity index (χ0) is 37.4. The molecule has 3 atom stereocenters. The number of anilines is 1. The van der Waals surface area contributed by atoms with Crippen molar-refractivity contribution in [2.45, 2.75) is 70.8 Å². The fourth-order valence-corrected chi connectivity index (χ4v) is 7.57. The van der Waals surface area contributed by atoms with Crippen LogP contribution in [0.2, 0.25) is 5.02 Å². The molecule has 3 heterocycles. The Morgan fingerprint density at radius 3 is 2.42 bits per heavy atom. The average molecular weight is 739 g/mol. The van der Waals surface area contributed by atoms with Crippen molar-refractivity contribution in [3.8, 4) is 23.0 Å². The van der Waals surface area contributed by atoms with Crippen LogP contribution in [-0.2, 0) is 30.7 Å². The lowest BCUT2D eigenvalue weighted by atomic mass is 9.86. The van der Waals surface area contributed by atoms with Gasteiger partial charge in [0.2, 0.25) is 0 Å². The number of ketones is 1. The topological polar surface area (TPSA) is 91.6 Å². The van der Waals surface area contributed by atoms with Gasteiger partial charge in [0, 0.05) is 53.5 Å². The maximum absolute atomic E-state index is 15.3. The van der Waals surface area contributed by atoms with Crippen LogP contribution in [0.25, 0.3) is 22.0 Å². The molecule has 1 fully saturated rings. The molecule has 2 aliphatic rings. The molecule has 14 heteroatoms. The number of aryl methyl sites for hydroxylation is 1. The van der Waals surface area contributed by atoms with E-state index in [0.717, 1.165) is 18.2 Å². The highest BCUT2D eigenvalue weighted by molar-refractivity contribution is 6.37. The maximum Gasteiger partial charge on any atom is 0.293 e. The number of nitrogen functional groups attached to an aromatic ring is 1. The number of halogens is 7. The van der Waals surface area contributed by atoms with Gasteiger partial charge in [0.25, 0.3) is 12.3 Å². The molecule has 0 spiro atoms. The Hall–Kier alpha value is -4.83. The summed E-state index contributed by atoms with van der Waals surface area (Å²) in [5, 5.41) is 8.97. The van der Waals surface area contributed by atoms with Crippen LogP contribution < -0.4 is 5.73 Å². The second-order valence-corrected chi connectivity index (χ2v) is 15.0. The van der Waals surface area contributed by atoms with E-state index in [4.69, 9.17) is 22.3 Å². The van der Waals surface area contributed by atoms with E-state index in [1.165, 1.54) is 0 Å². The minimum Gasteiger partial charge on any atom is -0.382 e. The Kier molecular flexibility index (Phi) is 8.68. The van der Waals surface area contributed by atoms with Crippen LogP contribution in [-0.4, -0.2) is 30.3 Å². The Bertz CT molecular complexity index is 2310. The first kappa shape index (κ1) is 35.6. The van der Waals surface area contributed by atoms with Gasteiger partial charge in [0.1, 0.15) is 35.3 Å². The van der Waals surface area contributed by atoms with Crippen LogP contribution in [0, 0.1) is 34.8 Å². The maximum atomic E-state index is 15.3. The zero-order valence-electron chi connectivity index (χ0n) is 28.5. The molecule has 0 unspecified atom stereocenters. The van der Waals surface area contributed by atoms with Crippen LogP contribution in [0.3, 0.4) is 0 Å². The molecule has 0 aliphatic heterocycles. The lowest BCUT2D eigenvalue weighted by Crippen LogP contribution is -2.24. The van der Waals surface area contributed by atoms with Gasteiger partial charge in [-0.05, 0) is 81.3 Å². The molecule has 2 aliphatic carbocycles. The van der Waals surface area contributed by atoms with Gasteiger partial charge in [-0.3, -0.25) is 14.2 Å². The fourth-order valence-electron chi connectivity index (χ4n) is 7.32. The first-order valence-electron chi connectivity index (χ1n) is 16.6. The van der Waals surface area contributed by atoms with Gasteiger partial charge in [0.05, 0.1) is 21.6 Å². The van der Waals surface area contributed by atoms with E-state index < -0.39 is 70.9 Å². The minimum absolute atomic E-state index is 0.0782. The van der Waals surface area contributed by atoms with Crippen LogP contribution >= 0.6 is 11.6 Å². The second-order valence-electron chi connectivity index (χ2n) is 14.6. The summed E-state index contributed by atoms with van der Waals surface area (Å²) in [7, 11) is 1.68. The number of hydrogen-bond acceptors (Lipinski definition) is 5. The smallest absolute Gasteiger partial charge is 0.293 e. The normalized spacial score (nSPS) is 17.9. The number of nitrogens with zero attached hydrogens (tertiary/aromatic N) is 5. The number of aromatic nitrogens is 5. The van der Waals surface area contributed by atoms with Crippen molar-refractivity contribution in [2.75, 3.05) is 5.73 Å². The van der Waals surface area contributed by atoms with Crippen molar-refractivity contribution in [1.82, 2.24) is 24.5 Å². The minimum atomic E-state index is -3.42. The summed E-state index contributed by atoms with van der Waals surface area (Å²) in [6.07, 6.45) is -3.51. The standard InChI is InChI=1S/C38H33ClF6N6O/c1-37(2,3)10-9-22-5-6-24(25-7-8-28(39)30-33(25)50(4)49-36(30)46)31(47-22)19(11-18-12-20(40)15-21(41)13-18)14-23(52)17-51-34-29(32(48-51)35(42)43)26-16-27(26)38(34,44)45/h5-8,12-13,15,19,26-27,35H,11,14,16-17H2,1-4H3,(H2,46,49)/t19-,26+,27-/m1/s1. The number of carbonyl (C=O) groups is 1. The third kappa shape index (κ3) is 6.42. The second kappa shape index (κ2) is 12.7. The van der Waals surface area contributed by atoms with Gasteiger partial charge in [-0.15, -0.1) is 0 Å². The van der Waals surface area contributed by atoms with E-state index in [1.807, 2.05) is 20.8 Å². The Morgan fingerprint density at radius 2 is 1.75 bits per heavy atom. The zero-order valence-corrected chi connectivity index (χ0v) is 29.3.